The predicted molar refractivity (Wildman–Crippen MR) is 134 cm³/mol. The van der Waals surface area contributed by atoms with Gasteiger partial charge in [0.25, 0.3) is 0 Å². The molecule has 0 bridgehead atoms. The van der Waals surface area contributed by atoms with Crippen molar-refractivity contribution in [1.29, 1.82) is 0 Å². The maximum Gasteiger partial charge on any atom is 0.458 e. The largest absolute Gasteiger partial charge is 0.458 e. The zero-order valence-corrected chi connectivity index (χ0v) is 23.4. The third-order valence-corrected chi connectivity index (χ3v) is 7.58. The van der Waals surface area contributed by atoms with Gasteiger partial charge >= 0.3 is 36.6 Å². The normalized spacial score (nSPS) is 19.2. The zero-order valence-electron chi connectivity index (χ0n) is 23.4. The Hall–Kier alpha value is -3.79. The Labute approximate surface area is 248 Å². The van der Waals surface area contributed by atoms with E-state index >= 15 is 0 Å². The van der Waals surface area contributed by atoms with Gasteiger partial charge in [-0.25, -0.2) is 9.59 Å². The Morgan fingerprint density at radius 1 is 0.867 bits per heavy atom. The molecule has 2 aromatic carbocycles. The van der Waals surface area contributed by atoms with Crippen LogP contribution in [0.4, 0.5) is 63.6 Å². The Morgan fingerprint density at radius 2 is 1.44 bits per heavy atom. The monoisotopic (exact) mass is 662 g/mol. The number of carbonyl (C=O) groups excluding carboxylic acids is 2. The minimum atomic E-state index is -6.06. The van der Waals surface area contributed by atoms with Crippen molar-refractivity contribution in [3.8, 4) is 0 Å². The highest BCUT2D eigenvalue weighted by atomic mass is 19.4. The fraction of sp³-hybridized carbons (Fsp3) is 0.500. The van der Waals surface area contributed by atoms with Crippen molar-refractivity contribution >= 4 is 17.9 Å². The molecule has 0 N–H and O–H groups in total. The molecule has 0 spiro atoms. The molecule has 1 heterocycles. The molecular weight excluding hydrogens is 637 g/mol. The number of nitrogens with zero attached hydrogens (tertiary/aromatic N) is 2. The molecule has 1 aliphatic carbocycles. The third kappa shape index (κ3) is 6.90. The van der Waals surface area contributed by atoms with E-state index in [0.717, 1.165) is 18.1 Å². The summed E-state index contributed by atoms with van der Waals surface area (Å²) in [6.45, 7) is 0.329. The maximum absolute atomic E-state index is 14.5. The number of amides is 2. The summed E-state index contributed by atoms with van der Waals surface area (Å²) in [6.07, 6.45) is -18.1. The van der Waals surface area contributed by atoms with Gasteiger partial charge in [0.05, 0.1) is 36.6 Å². The molecule has 2 atom stereocenters. The topological polar surface area (TPSA) is 59.1 Å². The second-order valence-electron chi connectivity index (χ2n) is 10.6. The molecule has 2 aromatic rings. The number of anilines is 1. The Kier molecular flexibility index (Phi) is 8.98. The summed E-state index contributed by atoms with van der Waals surface area (Å²) < 4.78 is 160. The number of fused-ring (bicyclic) bond motifs is 1. The van der Waals surface area contributed by atoms with E-state index < -0.39 is 83.1 Å². The van der Waals surface area contributed by atoms with Crippen LogP contribution in [-0.4, -0.2) is 43.0 Å². The number of hydrogen-bond acceptors (Lipinski definition) is 4. The molecule has 2 amide bonds. The molecule has 17 heteroatoms. The number of methoxy groups -OCH3 is 1. The van der Waals surface area contributed by atoms with Crippen LogP contribution in [-0.2, 0) is 34.3 Å². The number of hydrogen-bond donors (Lipinski definition) is 0. The van der Waals surface area contributed by atoms with Crippen LogP contribution in [0.1, 0.15) is 60.0 Å². The van der Waals surface area contributed by atoms with Crippen LogP contribution >= 0.6 is 0 Å². The van der Waals surface area contributed by atoms with Gasteiger partial charge in [-0.2, -0.15) is 48.3 Å². The fourth-order valence-electron chi connectivity index (χ4n) is 5.37. The van der Waals surface area contributed by atoms with Crippen LogP contribution in [0.5, 0.6) is 0 Å². The smallest absolute Gasteiger partial charge is 0.453 e. The highest BCUT2D eigenvalue weighted by molar-refractivity contribution is 5.91. The molecular formula is C28H25F11N2O4. The first-order valence-corrected chi connectivity index (χ1v) is 13.4. The van der Waals surface area contributed by atoms with Crippen molar-refractivity contribution in [3.05, 3.63) is 64.2 Å². The number of halogens is 11. The van der Waals surface area contributed by atoms with Gasteiger partial charge in [-0.15, -0.1) is 0 Å². The van der Waals surface area contributed by atoms with Gasteiger partial charge in [0.15, 0.2) is 0 Å². The molecule has 0 unspecified atom stereocenters. The van der Waals surface area contributed by atoms with E-state index in [1.807, 2.05) is 0 Å². The summed E-state index contributed by atoms with van der Waals surface area (Å²) in [5.41, 5.74) is -6.32. The van der Waals surface area contributed by atoms with Crippen LogP contribution in [0.2, 0.25) is 0 Å². The van der Waals surface area contributed by atoms with E-state index in [2.05, 4.69) is 0 Å². The molecule has 4 rings (SSSR count). The molecule has 1 fully saturated rings. The van der Waals surface area contributed by atoms with Crippen molar-refractivity contribution in [3.63, 3.8) is 0 Å². The van der Waals surface area contributed by atoms with Gasteiger partial charge in [-0.05, 0) is 73.6 Å². The van der Waals surface area contributed by atoms with E-state index in [4.69, 9.17) is 9.47 Å². The minimum Gasteiger partial charge on any atom is -0.453 e. The lowest BCUT2D eigenvalue weighted by atomic mass is 9.86. The van der Waals surface area contributed by atoms with Gasteiger partial charge < -0.3 is 9.47 Å². The zero-order chi connectivity index (χ0) is 33.7. The SMILES string of the molecule is CCOC(=O)N1c2ccc(C(F)(F)C(F)(F)F)cc2[C@@H](N(Cc2cc(C(F)(F)F)cc(C(F)(F)F)c2)C(=O)OC)C[C@H]1C1CC1. The summed E-state index contributed by atoms with van der Waals surface area (Å²) in [6, 6.07) is -0.120. The quantitative estimate of drug-likeness (QED) is 0.290. The average molecular weight is 662 g/mol. The Morgan fingerprint density at radius 3 is 1.91 bits per heavy atom. The lowest BCUT2D eigenvalue weighted by molar-refractivity contribution is -0.289. The number of alkyl halides is 11. The highest BCUT2D eigenvalue weighted by Gasteiger charge is 2.59. The molecule has 6 nitrogen and oxygen atoms in total. The summed E-state index contributed by atoms with van der Waals surface area (Å²) in [4.78, 5) is 27.8. The van der Waals surface area contributed by atoms with Crippen LogP contribution < -0.4 is 4.90 Å². The molecule has 2 aliphatic rings. The van der Waals surface area contributed by atoms with Crippen molar-refractivity contribution in [2.45, 2.75) is 69.3 Å². The van der Waals surface area contributed by atoms with Gasteiger partial charge in [0, 0.05) is 18.2 Å². The second-order valence-corrected chi connectivity index (χ2v) is 10.6. The lowest BCUT2D eigenvalue weighted by Gasteiger charge is -2.44. The second kappa shape index (κ2) is 11.9. The number of carbonyl (C=O) groups is 2. The molecule has 0 radical (unpaired) electrons. The molecule has 1 aliphatic heterocycles. The van der Waals surface area contributed by atoms with Crippen molar-refractivity contribution in [2.24, 2.45) is 5.92 Å². The Balaban J connectivity index is 1.92. The fourth-order valence-corrected chi connectivity index (χ4v) is 5.37. The standard InChI is InChI=1S/C28H25F11N2O4/c1-3-45-24(43)41-20-7-6-16(25(29,30)28(37,38)39)11-19(20)22(12-21(41)15-4-5-15)40(23(42)44-2)13-14-8-17(26(31,32)33)10-18(9-14)27(34,35)36/h6-11,15,21-22H,3-5,12-13H2,1-2H3/t21-,22-/m0/s1. The van der Waals surface area contributed by atoms with Crippen molar-refractivity contribution in [2.75, 3.05) is 18.6 Å². The third-order valence-electron chi connectivity index (χ3n) is 7.58. The van der Waals surface area contributed by atoms with E-state index in [1.165, 1.54) is 6.92 Å². The molecule has 45 heavy (non-hydrogen) atoms. The van der Waals surface area contributed by atoms with E-state index in [-0.39, 0.29) is 30.7 Å². The van der Waals surface area contributed by atoms with Gasteiger partial charge in [0.2, 0.25) is 0 Å². The van der Waals surface area contributed by atoms with Gasteiger partial charge in [-0.1, -0.05) is 6.07 Å². The van der Waals surface area contributed by atoms with Crippen LogP contribution in [0.3, 0.4) is 0 Å². The maximum atomic E-state index is 14.5. The summed E-state index contributed by atoms with van der Waals surface area (Å²) in [5.74, 6) is -5.65. The van der Waals surface area contributed by atoms with E-state index in [1.54, 1.807) is 0 Å². The lowest BCUT2D eigenvalue weighted by Crippen LogP contribution is -2.50. The first-order valence-electron chi connectivity index (χ1n) is 13.4. The first-order chi connectivity index (χ1) is 20.7. The van der Waals surface area contributed by atoms with Crippen molar-refractivity contribution in [1.82, 2.24) is 4.90 Å². The first kappa shape index (κ1) is 34.1. The van der Waals surface area contributed by atoms with Crippen LogP contribution in [0.25, 0.3) is 0 Å². The molecule has 1 saturated carbocycles. The highest BCUT2D eigenvalue weighted by Crippen LogP contribution is 2.51. The number of ether oxygens (including phenoxy) is 2. The number of benzene rings is 2. The number of rotatable bonds is 6. The summed E-state index contributed by atoms with van der Waals surface area (Å²) >= 11 is 0. The van der Waals surface area contributed by atoms with Gasteiger partial charge in [-0.3, -0.25) is 9.80 Å². The predicted octanol–water partition coefficient (Wildman–Crippen LogP) is 8.83. The van der Waals surface area contributed by atoms with E-state index in [9.17, 15) is 57.9 Å². The molecule has 248 valence electrons. The average Bonchev–Trinajstić information content (AvgIpc) is 3.78. The van der Waals surface area contributed by atoms with Crippen molar-refractivity contribution < 1.29 is 67.4 Å². The summed E-state index contributed by atoms with van der Waals surface area (Å²) in [7, 11) is 0.837. The van der Waals surface area contributed by atoms with Gasteiger partial charge in [0.1, 0.15) is 0 Å². The molecule has 0 saturated heterocycles. The van der Waals surface area contributed by atoms with Crippen LogP contribution in [0.15, 0.2) is 36.4 Å². The summed E-state index contributed by atoms with van der Waals surface area (Å²) in [5, 5.41) is 0. The minimum absolute atomic E-state index is 0.131. The molecule has 0 aromatic heterocycles. The Bertz CT molecular complexity index is 1400. The van der Waals surface area contributed by atoms with Crippen LogP contribution in [0, 0.1) is 5.92 Å². The van der Waals surface area contributed by atoms with E-state index in [0.29, 0.717) is 42.0 Å².